The quantitative estimate of drug-likeness (QED) is 0.702. The van der Waals surface area contributed by atoms with E-state index in [-0.39, 0.29) is 0 Å². The van der Waals surface area contributed by atoms with Gasteiger partial charge in [0.1, 0.15) is 5.01 Å². The van der Waals surface area contributed by atoms with E-state index in [1.165, 1.54) is 20.9 Å². The first-order valence-electron chi connectivity index (χ1n) is 5.56. The summed E-state index contributed by atoms with van der Waals surface area (Å²) < 4.78 is 1.28. The molecule has 0 bridgehead atoms. The van der Waals surface area contributed by atoms with Crippen molar-refractivity contribution in [1.29, 1.82) is 0 Å². The summed E-state index contributed by atoms with van der Waals surface area (Å²) in [5.74, 6) is 0. The molecule has 1 aromatic heterocycles. The SMILES string of the molecule is CC1=CCCC(c2nc3ccccc3s2)=C1. The number of hydrogen-bond acceptors (Lipinski definition) is 2. The Labute approximate surface area is 99.1 Å². The largest absolute Gasteiger partial charge is 0.236 e. The highest BCUT2D eigenvalue weighted by atomic mass is 32.1. The van der Waals surface area contributed by atoms with Crippen LogP contribution in [0.25, 0.3) is 15.8 Å². The van der Waals surface area contributed by atoms with E-state index in [1.807, 2.05) is 6.07 Å². The van der Waals surface area contributed by atoms with Crippen molar-refractivity contribution in [2.75, 3.05) is 0 Å². The van der Waals surface area contributed by atoms with Crippen LogP contribution in [0.4, 0.5) is 0 Å². The molecule has 0 fully saturated rings. The summed E-state index contributed by atoms with van der Waals surface area (Å²) in [6.07, 6.45) is 6.82. The maximum absolute atomic E-state index is 4.69. The Morgan fingerprint density at radius 3 is 2.94 bits per heavy atom. The molecule has 0 aliphatic heterocycles. The fraction of sp³-hybridized carbons (Fsp3) is 0.214. The molecule has 2 aromatic rings. The zero-order chi connectivity index (χ0) is 11.0. The maximum Gasteiger partial charge on any atom is 0.120 e. The van der Waals surface area contributed by atoms with E-state index in [0.29, 0.717) is 0 Å². The number of nitrogens with zero attached hydrogens (tertiary/aromatic N) is 1. The van der Waals surface area contributed by atoms with Gasteiger partial charge in [0.25, 0.3) is 0 Å². The Bertz CT molecular complexity index is 557. The molecular formula is C14H13NS. The van der Waals surface area contributed by atoms with E-state index in [1.54, 1.807) is 11.3 Å². The minimum Gasteiger partial charge on any atom is -0.236 e. The van der Waals surface area contributed by atoms with Crippen LogP contribution in [0.1, 0.15) is 24.8 Å². The van der Waals surface area contributed by atoms with Gasteiger partial charge in [-0.1, -0.05) is 29.9 Å². The molecule has 1 nitrogen and oxygen atoms in total. The van der Waals surface area contributed by atoms with E-state index in [2.05, 4.69) is 37.3 Å². The van der Waals surface area contributed by atoms with Gasteiger partial charge in [-0.3, -0.25) is 0 Å². The summed E-state index contributed by atoms with van der Waals surface area (Å²) in [4.78, 5) is 4.69. The zero-order valence-corrected chi connectivity index (χ0v) is 10.1. The third-order valence-electron chi connectivity index (χ3n) is 2.85. The first-order valence-corrected chi connectivity index (χ1v) is 6.38. The maximum atomic E-state index is 4.69. The minimum absolute atomic E-state index is 1.12. The van der Waals surface area contributed by atoms with Crippen molar-refractivity contribution in [2.45, 2.75) is 19.8 Å². The highest BCUT2D eigenvalue weighted by Gasteiger charge is 2.10. The van der Waals surface area contributed by atoms with E-state index < -0.39 is 0 Å². The van der Waals surface area contributed by atoms with Crippen LogP contribution < -0.4 is 0 Å². The van der Waals surface area contributed by atoms with Gasteiger partial charge in [0, 0.05) is 0 Å². The molecule has 1 aliphatic carbocycles. The fourth-order valence-corrected chi connectivity index (χ4v) is 3.05. The number of rotatable bonds is 1. The molecule has 0 atom stereocenters. The summed E-state index contributed by atoms with van der Waals surface area (Å²) in [6.45, 7) is 2.16. The summed E-state index contributed by atoms with van der Waals surface area (Å²) in [5.41, 5.74) is 3.87. The van der Waals surface area contributed by atoms with Gasteiger partial charge in [0.2, 0.25) is 0 Å². The first kappa shape index (κ1) is 9.79. The van der Waals surface area contributed by atoms with Crippen molar-refractivity contribution in [1.82, 2.24) is 4.98 Å². The Morgan fingerprint density at radius 2 is 2.12 bits per heavy atom. The Kier molecular flexibility index (Phi) is 2.37. The number of para-hydroxylation sites is 1. The fourth-order valence-electron chi connectivity index (χ4n) is 2.04. The van der Waals surface area contributed by atoms with Crippen LogP contribution in [-0.2, 0) is 0 Å². The van der Waals surface area contributed by atoms with Gasteiger partial charge < -0.3 is 0 Å². The normalized spacial score (nSPS) is 16.1. The van der Waals surface area contributed by atoms with Gasteiger partial charge in [0.15, 0.2) is 0 Å². The van der Waals surface area contributed by atoms with E-state index in [9.17, 15) is 0 Å². The molecule has 0 unspecified atom stereocenters. The average Bonchev–Trinajstić information content (AvgIpc) is 2.72. The minimum atomic E-state index is 1.12. The van der Waals surface area contributed by atoms with Gasteiger partial charge in [0.05, 0.1) is 10.2 Å². The van der Waals surface area contributed by atoms with E-state index >= 15 is 0 Å². The van der Waals surface area contributed by atoms with E-state index in [0.717, 1.165) is 18.4 Å². The summed E-state index contributed by atoms with van der Waals surface area (Å²) in [5, 5.41) is 1.19. The molecule has 0 radical (unpaired) electrons. The summed E-state index contributed by atoms with van der Waals surface area (Å²) >= 11 is 1.80. The highest BCUT2D eigenvalue weighted by molar-refractivity contribution is 7.19. The molecular weight excluding hydrogens is 214 g/mol. The second-order valence-corrected chi connectivity index (χ2v) is 5.17. The van der Waals surface area contributed by atoms with Crippen molar-refractivity contribution in [3.05, 3.63) is 47.0 Å². The monoisotopic (exact) mass is 227 g/mol. The first-order chi connectivity index (χ1) is 7.83. The van der Waals surface area contributed by atoms with Crippen LogP contribution in [0.3, 0.4) is 0 Å². The lowest BCUT2D eigenvalue weighted by molar-refractivity contribution is 1.03. The molecule has 2 heteroatoms. The van der Waals surface area contributed by atoms with Crippen molar-refractivity contribution in [3.63, 3.8) is 0 Å². The molecule has 80 valence electrons. The van der Waals surface area contributed by atoms with Gasteiger partial charge in [-0.05, 0) is 37.5 Å². The van der Waals surface area contributed by atoms with Crippen LogP contribution in [-0.4, -0.2) is 4.98 Å². The van der Waals surface area contributed by atoms with Gasteiger partial charge in [-0.15, -0.1) is 11.3 Å². The number of fused-ring (bicyclic) bond motifs is 1. The van der Waals surface area contributed by atoms with Crippen LogP contribution in [0.5, 0.6) is 0 Å². The molecule has 16 heavy (non-hydrogen) atoms. The van der Waals surface area contributed by atoms with Crippen molar-refractivity contribution < 1.29 is 0 Å². The van der Waals surface area contributed by atoms with Crippen LogP contribution in [0.2, 0.25) is 0 Å². The lowest BCUT2D eigenvalue weighted by Crippen LogP contribution is -1.89. The Hall–Kier alpha value is -1.41. The Morgan fingerprint density at radius 1 is 1.25 bits per heavy atom. The van der Waals surface area contributed by atoms with Crippen molar-refractivity contribution >= 4 is 27.1 Å². The summed E-state index contributed by atoms with van der Waals surface area (Å²) in [7, 11) is 0. The topological polar surface area (TPSA) is 12.9 Å². The lowest BCUT2D eigenvalue weighted by atomic mass is 10.0. The second-order valence-electron chi connectivity index (χ2n) is 4.14. The van der Waals surface area contributed by atoms with Gasteiger partial charge >= 0.3 is 0 Å². The molecule has 1 aromatic carbocycles. The predicted octanol–water partition coefficient (Wildman–Crippen LogP) is 4.42. The van der Waals surface area contributed by atoms with Crippen molar-refractivity contribution in [3.8, 4) is 0 Å². The van der Waals surface area contributed by atoms with Crippen LogP contribution in [0, 0.1) is 0 Å². The lowest BCUT2D eigenvalue weighted by Gasteiger charge is -2.08. The van der Waals surface area contributed by atoms with Gasteiger partial charge in [-0.2, -0.15) is 0 Å². The number of benzene rings is 1. The number of allylic oxidation sites excluding steroid dienone is 4. The second kappa shape index (κ2) is 3.87. The molecule has 1 heterocycles. The zero-order valence-electron chi connectivity index (χ0n) is 9.23. The molecule has 0 saturated heterocycles. The van der Waals surface area contributed by atoms with Crippen molar-refractivity contribution in [2.24, 2.45) is 0 Å². The molecule has 0 N–H and O–H groups in total. The molecule has 1 aliphatic rings. The molecule has 0 amide bonds. The predicted molar refractivity (Wildman–Crippen MR) is 70.6 cm³/mol. The summed E-state index contributed by atoms with van der Waals surface area (Å²) in [6, 6.07) is 8.35. The number of hydrogen-bond donors (Lipinski definition) is 0. The average molecular weight is 227 g/mol. The Balaban J connectivity index is 2.09. The van der Waals surface area contributed by atoms with Crippen LogP contribution >= 0.6 is 11.3 Å². The van der Waals surface area contributed by atoms with E-state index in [4.69, 9.17) is 4.98 Å². The highest BCUT2D eigenvalue weighted by Crippen LogP contribution is 2.32. The van der Waals surface area contributed by atoms with Gasteiger partial charge in [-0.25, -0.2) is 4.98 Å². The number of thiazole rings is 1. The molecule has 0 spiro atoms. The smallest absolute Gasteiger partial charge is 0.120 e. The standard InChI is InChI=1S/C14H13NS/c1-10-5-4-6-11(9-10)14-15-12-7-2-3-8-13(12)16-14/h2-3,5,7-9H,4,6H2,1H3. The van der Waals surface area contributed by atoms with Crippen LogP contribution in [0.15, 0.2) is 42.0 Å². The molecule has 3 rings (SSSR count). The third-order valence-corrected chi connectivity index (χ3v) is 3.96. The molecule has 0 saturated carbocycles. The number of aromatic nitrogens is 1. The third kappa shape index (κ3) is 1.69.